The maximum Gasteiger partial charge on any atom is 0.235 e. The minimum absolute atomic E-state index is 0.0523. The second kappa shape index (κ2) is 5.02. The summed E-state index contributed by atoms with van der Waals surface area (Å²) in [7, 11) is -3.48. The molecule has 114 valence electrons. The number of carbonyl (C=O) groups excluding carboxylic acids is 2. The summed E-state index contributed by atoms with van der Waals surface area (Å²) in [5, 5.41) is 2.67. The van der Waals surface area contributed by atoms with E-state index >= 15 is 0 Å². The molecular weight excluding hydrogens is 280 g/mol. The topological polar surface area (TPSA) is 83.5 Å². The molecule has 0 aromatic carbocycles. The van der Waals surface area contributed by atoms with Crippen molar-refractivity contribution < 1.29 is 18.0 Å². The van der Waals surface area contributed by atoms with E-state index in [0.717, 1.165) is 12.8 Å². The predicted molar refractivity (Wildman–Crippen MR) is 74.8 cm³/mol. The van der Waals surface area contributed by atoms with Gasteiger partial charge in [0.1, 0.15) is 5.75 Å². The highest BCUT2D eigenvalue weighted by Crippen LogP contribution is 2.30. The van der Waals surface area contributed by atoms with Gasteiger partial charge in [-0.05, 0) is 33.6 Å². The highest BCUT2D eigenvalue weighted by atomic mass is 32.2. The summed E-state index contributed by atoms with van der Waals surface area (Å²) in [5.74, 6) is -0.989. The summed E-state index contributed by atoms with van der Waals surface area (Å²) in [6, 6.07) is 0.0773. The van der Waals surface area contributed by atoms with Crippen LogP contribution in [0.25, 0.3) is 0 Å². The zero-order valence-corrected chi connectivity index (χ0v) is 13.0. The fraction of sp³-hybridized carbons (Fsp3) is 0.846. The molecule has 1 saturated heterocycles. The first-order chi connectivity index (χ1) is 9.10. The van der Waals surface area contributed by atoms with Gasteiger partial charge in [0.25, 0.3) is 0 Å². The summed E-state index contributed by atoms with van der Waals surface area (Å²) in [6.07, 6.45) is 2.34. The van der Waals surface area contributed by atoms with Gasteiger partial charge in [0, 0.05) is 19.0 Å². The largest absolute Gasteiger partial charge is 0.350 e. The van der Waals surface area contributed by atoms with E-state index in [4.69, 9.17) is 0 Å². The Balaban J connectivity index is 1.88. The standard InChI is InChI=1S/C13H22N2O4S/c1-13(2,3)20(18,19)8-11(16)14-9-6-12(17)15(7-9)10-4-5-10/h9-10H,4-8H2,1-3H3,(H,14,16). The van der Waals surface area contributed by atoms with Gasteiger partial charge in [0.15, 0.2) is 9.84 Å². The van der Waals surface area contributed by atoms with Crippen molar-refractivity contribution in [1.82, 2.24) is 10.2 Å². The number of amides is 2. The Morgan fingerprint density at radius 3 is 2.45 bits per heavy atom. The summed E-state index contributed by atoms with van der Waals surface area (Å²) in [5.41, 5.74) is 0. The summed E-state index contributed by atoms with van der Waals surface area (Å²) < 4.78 is 22.9. The van der Waals surface area contributed by atoms with E-state index in [-0.39, 0.29) is 18.4 Å². The number of sulfone groups is 1. The molecule has 20 heavy (non-hydrogen) atoms. The van der Waals surface area contributed by atoms with Gasteiger partial charge in [-0.25, -0.2) is 8.42 Å². The Hall–Kier alpha value is -1.11. The second-order valence-corrected chi connectivity index (χ2v) is 9.36. The van der Waals surface area contributed by atoms with Gasteiger partial charge in [-0.15, -0.1) is 0 Å². The molecule has 1 unspecified atom stereocenters. The number of hydrogen-bond acceptors (Lipinski definition) is 4. The fourth-order valence-electron chi connectivity index (χ4n) is 2.23. The molecule has 0 aromatic heterocycles. The molecule has 0 radical (unpaired) electrons. The molecule has 7 heteroatoms. The third-order valence-corrected chi connectivity index (χ3v) is 6.27. The van der Waals surface area contributed by atoms with Crippen LogP contribution in [0.1, 0.15) is 40.0 Å². The van der Waals surface area contributed by atoms with Crippen molar-refractivity contribution >= 4 is 21.7 Å². The molecule has 2 fully saturated rings. The molecule has 1 atom stereocenters. The van der Waals surface area contributed by atoms with Crippen LogP contribution in [0.2, 0.25) is 0 Å². The van der Waals surface area contributed by atoms with E-state index in [1.807, 2.05) is 0 Å². The average Bonchev–Trinajstić information content (AvgIpc) is 3.01. The average molecular weight is 302 g/mol. The van der Waals surface area contributed by atoms with Crippen molar-refractivity contribution in [3.63, 3.8) is 0 Å². The van der Waals surface area contributed by atoms with Crippen LogP contribution in [0.3, 0.4) is 0 Å². The molecule has 1 N–H and O–H groups in total. The van der Waals surface area contributed by atoms with Crippen LogP contribution in [-0.2, 0) is 19.4 Å². The Kier molecular flexibility index (Phi) is 3.83. The number of hydrogen-bond donors (Lipinski definition) is 1. The maximum atomic E-state index is 11.9. The van der Waals surface area contributed by atoms with Crippen LogP contribution in [0.4, 0.5) is 0 Å². The fourth-order valence-corrected chi connectivity index (χ4v) is 3.09. The number of likely N-dealkylation sites (tertiary alicyclic amines) is 1. The molecule has 0 bridgehead atoms. The summed E-state index contributed by atoms with van der Waals surface area (Å²) >= 11 is 0. The zero-order chi connectivity index (χ0) is 15.1. The second-order valence-electron chi connectivity index (χ2n) is 6.62. The quantitative estimate of drug-likeness (QED) is 0.797. The smallest absolute Gasteiger partial charge is 0.235 e. The van der Waals surface area contributed by atoms with Crippen molar-refractivity contribution in [2.24, 2.45) is 0 Å². The van der Waals surface area contributed by atoms with Crippen LogP contribution in [0.15, 0.2) is 0 Å². The molecule has 2 rings (SSSR count). The van der Waals surface area contributed by atoms with E-state index < -0.39 is 26.2 Å². The summed E-state index contributed by atoms with van der Waals surface area (Å²) in [4.78, 5) is 25.4. The van der Waals surface area contributed by atoms with Crippen LogP contribution >= 0.6 is 0 Å². The lowest BCUT2D eigenvalue weighted by Crippen LogP contribution is -2.43. The third kappa shape index (κ3) is 3.31. The van der Waals surface area contributed by atoms with Crippen molar-refractivity contribution in [3.05, 3.63) is 0 Å². The Labute approximate surface area is 119 Å². The SMILES string of the molecule is CC(C)(C)S(=O)(=O)CC(=O)NC1CC(=O)N(C2CC2)C1. The number of nitrogens with one attached hydrogen (secondary N) is 1. The van der Waals surface area contributed by atoms with Crippen molar-refractivity contribution in [2.45, 2.75) is 56.9 Å². The van der Waals surface area contributed by atoms with Crippen molar-refractivity contribution in [2.75, 3.05) is 12.3 Å². The lowest BCUT2D eigenvalue weighted by molar-refractivity contribution is -0.128. The van der Waals surface area contributed by atoms with Gasteiger partial charge >= 0.3 is 0 Å². The minimum Gasteiger partial charge on any atom is -0.350 e. The number of nitrogens with zero attached hydrogens (tertiary/aromatic N) is 1. The Bertz CT molecular complexity index is 517. The molecule has 2 aliphatic rings. The molecule has 0 aromatic rings. The third-order valence-electron chi connectivity index (χ3n) is 3.77. The Morgan fingerprint density at radius 1 is 1.35 bits per heavy atom. The molecule has 1 heterocycles. The lowest BCUT2D eigenvalue weighted by Gasteiger charge is -2.20. The first-order valence-corrected chi connectivity index (χ1v) is 8.56. The highest BCUT2D eigenvalue weighted by molar-refractivity contribution is 7.93. The molecule has 1 saturated carbocycles. The van der Waals surface area contributed by atoms with E-state index in [9.17, 15) is 18.0 Å². The van der Waals surface area contributed by atoms with Crippen LogP contribution in [0, 0.1) is 0 Å². The monoisotopic (exact) mass is 302 g/mol. The van der Waals surface area contributed by atoms with E-state index in [2.05, 4.69) is 5.32 Å². The minimum atomic E-state index is -3.48. The molecule has 6 nitrogen and oxygen atoms in total. The van der Waals surface area contributed by atoms with Gasteiger partial charge in [-0.3, -0.25) is 9.59 Å². The Morgan fingerprint density at radius 2 is 1.95 bits per heavy atom. The van der Waals surface area contributed by atoms with Gasteiger partial charge < -0.3 is 10.2 Å². The maximum absolute atomic E-state index is 11.9. The molecule has 2 amide bonds. The van der Waals surface area contributed by atoms with Crippen molar-refractivity contribution in [1.29, 1.82) is 0 Å². The van der Waals surface area contributed by atoms with Crippen LogP contribution in [-0.4, -0.2) is 54.3 Å². The zero-order valence-electron chi connectivity index (χ0n) is 12.2. The number of rotatable bonds is 4. The van der Waals surface area contributed by atoms with E-state index in [1.54, 1.807) is 25.7 Å². The van der Waals surface area contributed by atoms with Crippen LogP contribution < -0.4 is 5.32 Å². The number of carbonyl (C=O) groups is 2. The van der Waals surface area contributed by atoms with Gasteiger partial charge in [0.05, 0.1) is 10.8 Å². The first-order valence-electron chi connectivity index (χ1n) is 6.91. The molecule has 1 aliphatic carbocycles. The summed E-state index contributed by atoms with van der Waals surface area (Å²) in [6.45, 7) is 5.22. The normalized spacial score (nSPS) is 24.1. The van der Waals surface area contributed by atoms with E-state index in [0.29, 0.717) is 12.6 Å². The van der Waals surface area contributed by atoms with Gasteiger partial charge in [-0.2, -0.15) is 0 Å². The van der Waals surface area contributed by atoms with Crippen molar-refractivity contribution in [3.8, 4) is 0 Å². The highest BCUT2D eigenvalue weighted by Gasteiger charge is 2.40. The van der Waals surface area contributed by atoms with E-state index in [1.165, 1.54) is 0 Å². The van der Waals surface area contributed by atoms with Gasteiger partial charge in [-0.1, -0.05) is 0 Å². The predicted octanol–water partition coefficient (Wildman–Crippen LogP) is 0.0792. The van der Waals surface area contributed by atoms with Gasteiger partial charge in [0.2, 0.25) is 11.8 Å². The van der Waals surface area contributed by atoms with Crippen LogP contribution in [0.5, 0.6) is 0 Å². The molecule has 0 spiro atoms. The lowest BCUT2D eigenvalue weighted by atomic mass is 10.2. The molecular formula is C13H22N2O4S. The molecule has 1 aliphatic heterocycles. The first kappa shape index (κ1) is 15.3.